The van der Waals surface area contributed by atoms with E-state index in [-0.39, 0.29) is 0 Å². The third-order valence-electron chi connectivity index (χ3n) is 4.44. The third-order valence-corrected chi connectivity index (χ3v) is 6.25. The van der Waals surface area contributed by atoms with Gasteiger partial charge in [-0.25, -0.2) is 0 Å². The summed E-state index contributed by atoms with van der Waals surface area (Å²) >= 11 is 2.08. The highest BCUT2D eigenvalue weighted by Crippen LogP contribution is 2.56. The van der Waals surface area contributed by atoms with E-state index in [4.69, 9.17) is 0 Å². The second kappa shape index (κ2) is 3.52. The third kappa shape index (κ3) is 1.32. The minimum Gasteiger partial charge on any atom is -0.312 e. The molecule has 1 amide bonds. The van der Waals surface area contributed by atoms with Crippen LogP contribution in [0.4, 0.5) is 5.69 Å². The van der Waals surface area contributed by atoms with E-state index >= 15 is 0 Å². The van der Waals surface area contributed by atoms with Gasteiger partial charge in [-0.2, -0.15) is 11.8 Å². The van der Waals surface area contributed by atoms with Gasteiger partial charge in [-0.1, -0.05) is 18.2 Å². The molecule has 3 heterocycles. The van der Waals surface area contributed by atoms with Crippen LogP contribution in [-0.4, -0.2) is 23.0 Å². The number of amides is 1. The van der Waals surface area contributed by atoms with Crippen molar-refractivity contribution in [2.24, 2.45) is 11.8 Å². The Labute approximate surface area is 105 Å². The number of fused-ring (bicyclic) bond motifs is 5. The molecule has 0 N–H and O–H groups in total. The summed E-state index contributed by atoms with van der Waals surface area (Å²) in [6, 6.07) is 10.1. The SMILES string of the molecule is O=C1C2C3CCC(S3)C2CN1c1ccccc1. The van der Waals surface area contributed by atoms with Gasteiger partial charge in [0.15, 0.2) is 0 Å². The number of carbonyl (C=O) groups is 1. The quantitative estimate of drug-likeness (QED) is 0.758. The van der Waals surface area contributed by atoms with E-state index in [2.05, 4.69) is 11.8 Å². The van der Waals surface area contributed by atoms with Gasteiger partial charge in [0.25, 0.3) is 0 Å². The Morgan fingerprint density at radius 3 is 2.65 bits per heavy atom. The van der Waals surface area contributed by atoms with Crippen LogP contribution in [0.3, 0.4) is 0 Å². The second-order valence-electron chi connectivity index (χ2n) is 5.26. The fourth-order valence-electron chi connectivity index (χ4n) is 3.67. The van der Waals surface area contributed by atoms with Crippen molar-refractivity contribution in [2.45, 2.75) is 23.3 Å². The molecule has 4 unspecified atom stereocenters. The van der Waals surface area contributed by atoms with Crippen LogP contribution in [0.15, 0.2) is 30.3 Å². The van der Waals surface area contributed by atoms with Crippen molar-refractivity contribution in [2.75, 3.05) is 11.4 Å². The monoisotopic (exact) mass is 245 g/mol. The fourth-order valence-corrected chi connectivity index (χ4v) is 5.61. The largest absolute Gasteiger partial charge is 0.312 e. The smallest absolute Gasteiger partial charge is 0.231 e. The first-order chi connectivity index (χ1) is 8.34. The molecule has 2 bridgehead atoms. The van der Waals surface area contributed by atoms with Crippen LogP contribution in [-0.2, 0) is 4.79 Å². The van der Waals surface area contributed by atoms with Crippen LogP contribution in [0, 0.1) is 11.8 Å². The maximum absolute atomic E-state index is 12.5. The molecule has 4 rings (SSSR count). The predicted octanol–water partition coefficient (Wildman–Crippen LogP) is 2.54. The van der Waals surface area contributed by atoms with Crippen molar-refractivity contribution in [3.05, 3.63) is 30.3 Å². The molecule has 88 valence electrons. The summed E-state index contributed by atoms with van der Waals surface area (Å²) in [6.45, 7) is 0.946. The summed E-state index contributed by atoms with van der Waals surface area (Å²) in [6.07, 6.45) is 2.58. The van der Waals surface area contributed by atoms with Crippen LogP contribution in [0.5, 0.6) is 0 Å². The minimum absolute atomic E-state index is 0.318. The standard InChI is InChI=1S/C14H15NOS/c16-14-13-10(11-6-7-12(13)17-11)8-15(14)9-4-2-1-3-5-9/h1-5,10-13H,6-8H2. The van der Waals surface area contributed by atoms with Crippen molar-refractivity contribution in [1.29, 1.82) is 0 Å². The Bertz CT molecular complexity index is 461. The van der Waals surface area contributed by atoms with Crippen LogP contribution >= 0.6 is 11.8 Å². The second-order valence-corrected chi connectivity index (χ2v) is 6.75. The lowest BCUT2D eigenvalue weighted by atomic mass is 9.81. The summed E-state index contributed by atoms with van der Waals surface area (Å²) in [5.74, 6) is 1.31. The van der Waals surface area contributed by atoms with Gasteiger partial charge in [0.2, 0.25) is 5.91 Å². The zero-order valence-corrected chi connectivity index (χ0v) is 10.4. The molecule has 0 spiro atoms. The Balaban J connectivity index is 1.67. The van der Waals surface area contributed by atoms with Crippen LogP contribution < -0.4 is 4.90 Å². The first kappa shape index (κ1) is 10.0. The predicted molar refractivity (Wildman–Crippen MR) is 70.2 cm³/mol. The van der Waals surface area contributed by atoms with E-state index in [9.17, 15) is 4.79 Å². The number of anilines is 1. The zero-order valence-electron chi connectivity index (χ0n) is 9.58. The molecule has 3 heteroatoms. The molecule has 3 aliphatic rings. The lowest BCUT2D eigenvalue weighted by Crippen LogP contribution is -2.30. The van der Waals surface area contributed by atoms with E-state index in [0.29, 0.717) is 23.0 Å². The van der Waals surface area contributed by atoms with Crippen molar-refractivity contribution < 1.29 is 4.79 Å². The van der Waals surface area contributed by atoms with Gasteiger partial charge in [0, 0.05) is 28.6 Å². The van der Waals surface area contributed by atoms with E-state index in [1.165, 1.54) is 12.8 Å². The first-order valence-electron chi connectivity index (χ1n) is 6.36. The Hall–Kier alpha value is -0.960. The van der Waals surface area contributed by atoms with Gasteiger partial charge in [0.05, 0.1) is 5.92 Å². The Kier molecular flexibility index (Phi) is 2.07. The topological polar surface area (TPSA) is 20.3 Å². The lowest BCUT2D eigenvalue weighted by molar-refractivity contribution is -0.121. The Morgan fingerprint density at radius 2 is 1.88 bits per heavy atom. The molecule has 3 saturated heterocycles. The number of para-hydroxylation sites is 1. The summed E-state index contributed by atoms with van der Waals surface area (Å²) < 4.78 is 0. The normalized spacial score (nSPS) is 38.8. The van der Waals surface area contributed by atoms with Crippen LogP contribution in [0.2, 0.25) is 0 Å². The molecule has 2 nitrogen and oxygen atoms in total. The minimum atomic E-state index is 0.318. The number of hydrogen-bond acceptors (Lipinski definition) is 2. The molecule has 0 aliphatic carbocycles. The van der Waals surface area contributed by atoms with E-state index in [1.54, 1.807) is 0 Å². The highest BCUT2D eigenvalue weighted by Gasteiger charge is 2.57. The summed E-state index contributed by atoms with van der Waals surface area (Å²) in [5.41, 5.74) is 1.08. The number of nitrogens with zero attached hydrogens (tertiary/aromatic N) is 1. The highest BCUT2D eigenvalue weighted by molar-refractivity contribution is 8.01. The fraction of sp³-hybridized carbons (Fsp3) is 0.500. The molecule has 3 fully saturated rings. The summed E-state index contributed by atoms with van der Waals surface area (Å²) in [4.78, 5) is 14.5. The number of carbonyl (C=O) groups excluding carboxylic acids is 1. The maximum Gasteiger partial charge on any atom is 0.231 e. The van der Waals surface area contributed by atoms with Gasteiger partial charge < -0.3 is 4.90 Å². The van der Waals surface area contributed by atoms with E-state index in [1.807, 2.05) is 35.2 Å². The van der Waals surface area contributed by atoms with Crippen molar-refractivity contribution in [3.63, 3.8) is 0 Å². The Morgan fingerprint density at radius 1 is 1.12 bits per heavy atom. The number of hydrogen-bond donors (Lipinski definition) is 0. The maximum atomic E-state index is 12.5. The average molecular weight is 245 g/mol. The van der Waals surface area contributed by atoms with Crippen LogP contribution in [0.25, 0.3) is 0 Å². The molecule has 0 radical (unpaired) electrons. The number of benzene rings is 1. The van der Waals surface area contributed by atoms with Crippen molar-refractivity contribution in [3.8, 4) is 0 Å². The lowest BCUT2D eigenvalue weighted by Gasteiger charge is -2.18. The van der Waals surface area contributed by atoms with E-state index in [0.717, 1.165) is 17.5 Å². The highest BCUT2D eigenvalue weighted by atomic mass is 32.2. The zero-order chi connectivity index (χ0) is 11.4. The number of thioether (sulfide) groups is 1. The van der Waals surface area contributed by atoms with Crippen molar-refractivity contribution in [1.82, 2.24) is 0 Å². The molecule has 4 atom stereocenters. The van der Waals surface area contributed by atoms with Crippen LogP contribution in [0.1, 0.15) is 12.8 Å². The van der Waals surface area contributed by atoms with Gasteiger partial charge in [-0.3, -0.25) is 4.79 Å². The molecule has 0 saturated carbocycles. The molecule has 0 aromatic heterocycles. The molecule has 1 aromatic carbocycles. The van der Waals surface area contributed by atoms with Crippen molar-refractivity contribution >= 4 is 23.4 Å². The molecular weight excluding hydrogens is 230 g/mol. The molecular formula is C14H15NOS. The summed E-state index contributed by atoms with van der Waals surface area (Å²) in [7, 11) is 0. The molecule has 17 heavy (non-hydrogen) atoms. The van der Waals surface area contributed by atoms with Gasteiger partial charge in [-0.05, 0) is 25.0 Å². The van der Waals surface area contributed by atoms with Gasteiger partial charge in [-0.15, -0.1) is 0 Å². The first-order valence-corrected chi connectivity index (χ1v) is 7.31. The number of rotatable bonds is 1. The average Bonchev–Trinajstić information content (AvgIpc) is 3.03. The van der Waals surface area contributed by atoms with E-state index < -0.39 is 0 Å². The summed E-state index contributed by atoms with van der Waals surface area (Å²) in [5, 5.41) is 1.37. The van der Waals surface area contributed by atoms with Gasteiger partial charge in [0.1, 0.15) is 0 Å². The molecule has 1 aromatic rings. The van der Waals surface area contributed by atoms with Gasteiger partial charge >= 0.3 is 0 Å². The molecule has 3 aliphatic heterocycles.